The minimum atomic E-state index is -3.98. The van der Waals surface area contributed by atoms with Gasteiger partial charge in [0.25, 0.3) is 10.1 Å². The van der Waals surface area contributed by atoms with Gasteiger partial charge in [0.15, 0.2) is 0 Å². The van der Waals surface area contributed by atoms with Crippen LogP contribution in [-0.4, -0.2) is 14.0 Å². The Morgan fingerprint density at radius 1 is 0.500 bits per heavy atom. The van der Waals surface area contributed by atoms with Gasteiger partial charge in [0.1, 0.15) is 5.60 Å². The molecule has 3 nitrogen and oxygen atoms in total. The van der Waals surface area contributed by atoms with E-state index in [-0.39, 0.29) is 4.90 Å². The minimum absolute atomic E-state index is 0.165. The molecule has 0 unspecified atom stereocenters. The highest BCUT2D eigenvalue weighted by atomic mass is 32.2. The first-order chi connectivity index (χ1) is 15.5. The highest BCUT2D eigenvalue weighted by Crippen LogP contribution is 2.32. The van der Waals surface area contributed by atoms with Crippen molar-refractivity contribution in [1.29, 1.82) is 0 Å². The second-order valence-electron chi connectivity index (χ2n) is 8.02. The summed E-state index contributed by atoms with van der Waals surface area (Å²) in [4.78, 5) is 0.165. The zero-order valence-electron chi connectivity index (χ0n) is 17.8. The van der Waals surface area contributed by atoms with Crippen LogP contribution in [0.1, 0.15) is 16.7 Å². The van der Waals surface area contributed by atoms with E-state index < -0.39 is 15.7 Å². The quantitative estimate of drug-likeness (QED) is 0.305. The molecular weight excluding hydrogens is 416 g/mol. The summed E-state index contributed by atoms with van der Waals surface area (Å²) in [6.07, 6.45) is 1.39. The molecule has 0 spiro atoms. The summed E-state index contributed by atoms with van der Waals surface area (Å²) in [5, 5.41) is 0. The molecule has 0 atom stereocenters. The van der Waals surface area contributed by atoms with E-state index in [9.17, 15) is 8.42 Å². The molecule has 0 saturated heterocycles. The molecule has 0 aromatic heterocycles. The van der Waals surface area contributed by atoms with Crippen LogP contribution in [0.25, 0.3) is 0 Å². The van der Waals surface area contributed by atoms with Gasteiger partial charge in [-0.3, -0.25) is 4.18 Å². The maximum atomic E-state index is 13.4. The maximum Gasteiger partial charge on any atom is 0.297 e. The summed E-state index contributed by atoms with van der Waals surface area (Å²) in [6, 6.07) is 38.2. The monoisotopic (exact) mass is 442 g/mol. The fourth-order valence-corrected chi connectivity index (χ4v) is 5.28. The van der Waals surface area contributed by atoms with Crippen LogP contribution in [-0.2, 0) is 33.6 Å². The van der Waals surface area contributed by atoms with Crippen molar-refractivity contribution < 1.29 is 12.6 Å². The van der Waals surface area contributed by atoms with Gasteiger partial charge in [0.2, 0.25) is 0 Å². The normalized spacial score (nSPS) is 11.9. The van der Waals surface area contributed by atoms with E-state index in [1.54, 1.807) is 30.3 Å². The molecule has 4 heteroatoms. The van der Waals surface area contributed by atoms with Crippen molar-refractivity contribution >= 4 is 10.1 Å². The van der Waals surface area contributed by atoms with Crippen molar-refractivity contribution in [2.24, 2.45) is 0 Å². The molecular formula is C28H26O3S. The Labute approximate surface area is 190 Å². The van der Waals surface area contributed by atoms with Crippen LogP contribution in [0.5, 0.6) is 0 Å². The highest BCUT2D eigenvalue weighted by Gasteiger charge is 2.38. The predicted octanol–water partition coefficient (Wildman–Crippen LogP) is 5.86. The third-order valence-corrected chi connectivity index (χ3v) is 6.85. The lowest BCUT2D eigenvalue weighted by Gasteiger charge is -2.34. The van der Waals surface area contributed by atoms with E-state index in [0.717, 1.165) is 16.7 Å². The Morgan fingerprint density at radius 3 is 1.16 bits per heavy atom. The molecule has 4 aromatic rings. The molecule has 0 saturated carbocycles. The molecule has 32 heavy (non-hydrogen) atoms. The van der Waals surface area contributed by atoms with Gasteiger partial charge in [0.05, 0.1) is 4.90 Å². The van der Waals surface area contributed by atoms with Gasteiger partial charge in [-0.2, -0.15) is 8.42 Å². The van der Waals surface area contributed by atoms with Crippen molar-refractivity contribution in [3.05, 3.63) is 138 Å². The SMILES string of the molecule is O=S(=O)(OC(Cc1ccccc1)(Cc1ccccc1)Cc1ccccc1)c1ccccc1. The molecule has 0 bridgehead atoms. The molecule has 0 amide bonds. The van der Waals surface area contributed by atoms with Gasteiger partial charge in [-0.25, -0.2) is 0 Å². The molecule has 4 aromatic carbocycles. The number of rotatable bonds is 9. The number of benzene rings is 4. The van der Waals surface area contributed by atoms with Crippen molar-refractivity contribution in [2.75, 3.05) is 0 Å². The Morgan fingerprint density at radius 2 is 0.812 bits per heavy atom. The predicted molar refractivity (Wildman–Crippen MR) is 128 cm³/mol. The van der Waals surface area contributed by atoms with Crippen LogP contribution < -0.4 is 0 Å². The van der Waals surface area contributed by atoms with Crippen molar-refractivity contribution in [1.82, 2.24) is 0 Å². The van der Waals surface area contributed by atoms with Crippen molar-refractivity contribution in [2.45, 2.75) is 29.8 Å². The highest BCUT2D eigenvalue weighted by molar-refractivity contribution is 7.86. The Bertz CT molecular complexity index is 1110. The average molecular weight is 443 g/mol. The first-order valence-electron chi connectivity index (χ1n) is 10.7. The minimum Gasteiger partial charge on any atom is -0.259 e. The largest absolute Gasteiger partial charge is 0.297 e. The lowest BCUT2D eigenvalue weighted by molar-refractivity contribution is 0.0770. The van der Waals surface area contributed by atoms with Gasteiger partial charge in [0, 0.05) is 19.3 Å². The first-order valence-corrected chi connectivity index (χ1v) is 12.1. The lowest BCUT2D eigenvalue weighted by Crippen LogP contribution is -2.42. The fraction of sp³-hybridized carbons (Fsp3) is 0.143. The summed E-state index contributed by atoms with van der Waals surface area (Å²) >= 11 is 0. The maximum absolute atomic E-state index is 13.4. The molecule has 0 heterocycles. The summed E-state index contributed by atoms with van der Waals surface area (Å²) in [6.45, 7) is 0. The summed E-state index contributed by atoms with van der Waals surface area (Å²) in [5.41, 5.74) is 2.10. The van der Waals surface area contributed by atoms with Crippen LogP contribution in [0.4, 0.5) is 0 Å². The number of hydrogen-bond donors (Lipinski definition) is 0. The van der Waals surface area contributed by atoms with Crippen LogP contribution in [0.3, 0.4) is 0 Å². The van der Waals surface area contributed by atoms with Gasteiger partial charge >= 0.3 is 0 Å². The molecule has 0 fully saturated rings. The zero-order chi connectivity index (χ0) is 22.3. The van der Waals surface area contributed by atoms with Crippen molar-refractivity contribution in [3.63, 3.8) is 0 Å². The second-order valence-corrected chi connectivity index (χ2v) is 9.57. The van der Waals surface area contributed by atoms with Gasteiger partial charge in [-0.15, -0.1) is 0 Å². The van der Waals surface area contributed by atoms with Crippen LogP contribution in [0.2, 0.25) is 0 Å². The lowest BCUT2D eigenvalue weighted by atomic mass is 9.83. The van der Waals surface area contributed by atoms with E-state index in [0.29, 0.717) is 19.3 Å². The molecule has 0 radical (unpaired) electrons. The second kappa shape index (κ2) is 9.94. The standard InChI is InChI=1S/C28H26O3S/c29-32(30,27-19-11-4-12-20-27)31-28(21-24-13-5-1-6-14-24,22-25-15-7-2-8-16-25)23-26-17-9-3-10-18-26/h1-20H,21-23H2. The van der Waals surface area contributed by atoms with Crippen molar-refractivity contribution in [3.8, 4) is 0 Å². The molecule has 0 aliphatic carbocycles. The molecule has 4 rings (SSSR count). The Hall–Kier alpha value is -3.21. The first kappa shape index (κ1) is 22.0. The number of hydrogen-bond acceptors (Lipinski definition) is 3. The fourth-order valence-electron chi connectivity index (χ4n) is 4.05. The van der Waals surface area contributed by atoms with E-state index in [1.807, 2.05) is 91.0 Å². The topological polar surface area (TPSA) is 43.4 Å². The Balaban J connectivity index is 1.80. The van der Waals surface area contributed by atoms with Gasteiger partial charge < -0.3 is 0 Å². The van der Waals surface area contributed by atoms with Crippen LogP contribution >= 0.6 is 0 Å². The van der Waals surface area contributed by atoms with E-state index in [1.165, 1.54) is 0 Å². The van der Waals surface area contributed by atoms with E-state index in [4.69, 9.17) is 4.18 Å². The molecule has 0 N–H and O–H groups in total. The van der Waals surface area contributed by atoms with E-state index in [2.05, 4.69) is 0 Å². The average Bonchev–Trinajstić information content (AvgIpc) is 2.81. The van der Waals surface area contributed by atoms with E-state index >= 15 is 0 Å². The summed E-state index contributed by atoms with van der Waals surface area (Å²) in [7, 11) is -3.98. The third-order valence-electron chi connectivity index (χ3n) is 5.43. The third kappa shape index (κ3) is 5.72. The van der Waals surface area contributed by atoms with Crippen LogP contribution in [0.15, 0.2) is 126 Å². The van der Waals surface area contributed by atoms with Gasteiger partial charge in [-0.05, 0) is 28.8 Å². The molecule has 0 aliphatic rings. The Kier molecular flexibility index (Phi) is 6.84. The van der Waals surface area contributed by atoms with Crippen LogP contribution in [0, 0.1) is 0 Å². The summed E-state index contributed by atoms with van der Waals surface area (Å²) in [5.74, 6) is 0. The molecule has 0 aliphatic heterocycles. The summed E-state index contributed by atoms with van der Waals surface area (Å²) < 4.78 is 33.0. The molecule has 162 valence electrons. The zero-order valence-corrected chi connectivity index (χ0v) is 18.6. The smallest absolute Gasteiger partial charge is 0.259 e. The van der Waals surface area contributed by atoms with Gasteiger partial charge in [-0.1, -0.05) is 109 Å².